The number of fused-ring (bicyclic) bond motifs is 1. The number of anilines is 1. The normalized spacial score (nSPS) is 10.3. The lowest BCUT2D eigenvalue weighted by atomic mass is 10.2. The molecule has 1 heterocycles. The lowest BCUT2D eigenvalue weighted by Gasteiger charge is -1.96. The van der Waals surface area contributed by atoms with Crippen LogP contribution in [0.25, 0.3) is 10.9 Å². The Kier molecular flexibility index (Phi) is 1.26. The third-order valence-electron chi connectivity index (χ3n) is 1.61. The van der Waals surface area contributed by atoms with E-state index in [4.69, 9.17) is 5.84 Å². The Hall–Kier alpha value is -1.55. The summed E-state index contributed by atoms with van der Waals surface area (Å²) in [6.07, 6.45) is 1.77. The first-order valence-corrected chi connectivity index (χ1v) is 3.30. The van der Waals surface area contributed by atoms with E-state index in [1.54, 1.807) is 6.20 Å². The van der Waals surface area contributed by atoms with E-state index in [1.165, 1.54) is 0 Å². The van der Waals surface area contributed by atoms with Gasteiger partial charge in [0.2, 0.25) is 0 Å². The highest BCUT2D eigenvalue weighted by Gasteiger charge is 1.94. The Morgan fingerprint density at radius 3 is 3.18 bits per heavy atom. The number of aromatic nitrogens is 2. The molecule has 0 bridgehead atoms. The van der Waals surface area contributed by atoms with Crippen molar-refractivity contribution in [2.24, 2.45) is 5.84 Å². The van der Waals surface area contributed by atoms with Crippen LogP contribution in [0.4, 0.5) is 5.69 Å². The van der Waals surface area contributed by atoms with Crippen molar-refractivity contribution in [1.29, 1.82) is 0 Å². The van der Waals surface area contributed by atoms with Gasteiger partial charge in [-0.25, -0.2) is 0 Å². The number of H-pyrrole nitrogens is 1. The zero-order chi connectivity index (χ0) is 7.68. The smallest absolute Gasteiger partial charge is 0.0671 e. The summed E-state index contributed by atoms with van der Waals surface area (Å²) in [4.78, 5) is 0. The summed E-state index contributed by atoms with van der Waals surface area (Å²) in [5.41, 5.74) is 4.42. The van der Waals surface area contributed by atoms with Crippen LogP contribution in [0.5, 0.6) is 0 Å². The molecular formula is C7H8N4. The molecule has 2 rings (SSSR count). The number of hydrazine groups is 1. The SMILES string of the molecule is NNc1ccc2cn[nH]c2c1. The first kappa shape index (κ1) is 6.18. The fraction of sp³-hybridized carbons (Fsp3) is 0. The van der Waals surface area contributed by atoms with E-state index in [1.807, 2.05) is 18.2 Å². The Labute approximate surface area is 63.4 Å². The van der Waals surface area contributed by atoms with Crippen molar-refractivity contribution in [3.8, 4) is 0 Å². The molecule has 56 valence electrons. The lowest BCUT2D eigenvalue weighted by Crippen LogP contribution is -2.05. The van der Waals surface area contributed by atoms with E-state index in [2.05, 4.69) is 15.6 Å². The molecule has 0 aliphatic rings. The molecule has 2 aromatic rings. The Balaban J connectivity index is 2.67. The highest BCUT2D eigenvalue weighted by molar-refractivity contribution is 5.81. The molecular weight excluding hydrogens is 140 g/mol. The molecule has 0 unspecified atom stereocenters. The molecule has 4 heteroatoms. The molecule has 0 radical (unpaired) electrons. The van der Waals surface area contributed by atoms with Gasteiger partial charge in [0.05, 0.1) is 17.4 Å². The molecule has 0 saturated carbocycles. The molecule has 0 fully saturated rings. The van der Waals surface area contributed by atoms with Gasteiger partial charge in [-0.05, 0) is 18.2 Å². The van der Waals surface area contributed by atoms with Crippen LogP contribution >= 0.6 is 0 Å². The number of aromatic amines is 1. The summed E-state index contributed by atoms with van der Waals surface area (Å²) in [6, 6.07) is 5.76. The van der Waals surface area contributed by atoms with Gasteiger partial charge in [0.25, 0.3) is 0 Å². The molecule has 0 saturated heterocycles. The maximum absolute atomic E-state index is 5.23. The van der Waals surface area contributed by atoms with Crippen molar-refractivity contribution in [1.82, 2.24) is 10.2 Å². The van der Waals surface area contributed by atoms with Gasteiger partial charge in [-0.3, -0.25) is 10.9 Å². The molecule has 11 heavy (non-hydrogen) atoms. The number of hydrogen-bond acceptors (Lipinski definition) is 3. The number of nitrogens with one attached hydrogen (secondary N) is 2. The monoisotopic (exact) mass is 148 g/mol. The van der Waals surface area contributed by atoms with Gasteiger partial charge in [-0.1, -0.05) is 0 Å². The van der Waals surface area contributed by atoms with Crippen LogP contribution in [-0.4, -0.2) is 10.2 Å². The molecule has 1 aromatic heterocycles. The van der Waals surface area contributed by atoms with E-state index in [0.717, 1.165) is 16.6 Å². The molecule has 1 aromatic carbocycles. The Morgan fingerprint density at radius 2 is 2.36 bits per heavy atom. The number of nitrogen functional groups attached to an aromatic ring is 1. The lowest BCUT2D eigenvalue weighted by molar-refractivity contribution is 1.12. The van der Waals surface area contributed by atoms with E-state index in [-0.39, 0.29) is 0 Å². The van der Waals surface area contributed by atoms with Gasteiger partial charge in [0.15, 0.2) is 0 Å². The zero-order valence-electron chi connectivity index (χ0n) is 5.83. The molecule has 0 spiro atoms. The van der Waals surface area contributed by atoms with Crippen LogP contribution in [0.3, 0.4) is 0 Å². The van der Waals surface area contributed by atoms with Crippen molar-refractivity contribution >= 4 is 16.6 Å². The zero-order valence-corrected chi connectivity index (χ0v) is 5.83. The van der Waals surface area contributed by atoms with Gasteiger partial charge in [0.1, 0.15) is 0 Å². The number of hydrogen-bond donors (Lipinski definition) is 3. The summed E-state index contributed by atoms with van der Waals surface area (Å²) in [5, 5.41) is 7.82. The number of benzene rings is 1. The van der Waals surface area contributed by atoms with E-state index in [0.29, 0.717) is 0 Å². The van der Waals surface area contributed by atoms with Crippen molar-refractivity contribution in [2.45, 2.75) is 0 Å². The third-order valence-corrected chi connectivity index (χ3v) is 1.61. The fourth-order valence-corrected chi connectivity index (χ4v) is 1.03. The predicted molar refractivity (Wildman–Crippen MR) is 43.9 cm³/mol. The maximum Gasteiger partial charge on any atom is 0.0671 e. The van der Waals surface area contributed by atoms with E-state index < -0.39 is 0 Å². The molecule has 0 aliphatic carbocycles. The molecule has 4 N–H and O–H groups in total. The van der Waals surface area contributed by atoms with Gasteiger partial charge >= 0.3 is 0 Å². The van der Waals surface area contributed by atoms with E-state index in [9.17, 15) is 0 Å². The highest BCUT2D eigenvalue weighted by atomic mass is 15.2. The fourth-order valence-electron chi connectivity index (χ4n) is 1.03. The van der Waals surface area contributed by atoms with Crippen LogP contribution < -0.4 is 11.3 Å². The molecule has 0 atom stereocenters. The largest absolute Gasteiger partial charge is 0.324 e. The summed E-state index contributed by atoms with van der Waals surface area (Å²) in [5.74, 6) is 5.23. The Bertz CT molecular complexity index is 365. The van der Waals surface area contributed by atoms with Crippen molar-refractivity contribution in [3.05, 3.63) is 24.4 Å². The minimum Gasteiger partial charge on any atom is -0.324 e. The minimum absolute atomic E-state index is 0.877. The standard InChI is InChI=1S/C7H8N4/c8-10-6-2-1-5-4-9-11-7(5)3-6/h1-4,10H,8H2,(H,9,11). The average Bonchev–Trinajstić information content (AvgIpc) is 2.50. The average molecular weight is 148 g/mol. The highest BCUT2D eigenvalue weighted by Crippen LogP contribution is 2.14. The number of nitrogens with zero attached hydrogens (tertiary/aromatic N) is 1. The van der Waals surface area contributed by atoms with Crippen molar-refractivity contribution in [2.75, 3.05) is 5.43 Å². The molecule has 0 amide bonds. The summed E-state index contributed by atoms with van der Waals surface area (Å²) in [7, 11) is 0. The van der Waals surface area contributed by atoms with Crippen LogP contribution in [0, 0.1) is 0 Å². The first-order chi connectivity index (χ1) is 5.40. The minimum atomic E-state index is 0.877. The van der Waals surface area contributed by atoms with Crippen LogP contribution in [0.15, 0.2) is 24.4 Å². The topological polar surface area (TPSA) is 66.7 Å². The maximum atomic E-state index is 5.23. The van der Waals surface area contributed by atoms with Crippen LogP contribution in [-0.2, 0) is 0 Å². The summed E-state index contributed by atoms with van der Waals surface area (Å²) in [6.45, 7) is 0. The van der Waals surface area contributed by atoms with E-state index >= 15 is 0 Å². The second-order valence-corrected chi connectivity index (χ2v) is 2.32. The van der Waals surface area contributed by atoms with Crippen LogP contribution in [0.2, 0.25) is 0 Å². The third kappa shape index (κ3) is 0.929. The first-order valence-electron chi connectivity index (χ1n) is 3.30. The quantitative estimate of drug-likeness (QED) is 0.415. The van der Waals surface area contributed by atoms with Crippen molar-refractivity contribution in [3.63, 3.8) is 0 Å². The van der Waals surface area contributed by atoms with Gasteiger partial charge in [0, 0.05) is 5.39 Å². The van der Waals surface area contributed by atoms with Crippen LogP contribution in [0.1, 0.15) is 0 Å². The van der Waals surface area contributed by atoms with Gasteiger partial charge in [-0.15, -0.1) is 0 Å². The predicted octanol–water partition coefficient (Wildman–Crippen LogP) is 0.849. The molecule has 0 aliphatic heterocycles. The summed E-state index contributed by atoms with van der Waals surface area (Å²) < 4.78 is 0. The van der Waals surface area contributed by atoms with Gasteiger partial charge < -0.3 is 5.43 Å². The molecule has 4 nitrogen and oxygen atoms in total. The number of nitrogens with two attached hydrogens (primary N) is 1. The number of rotatable bonds is 1. The summed E-state index contributed by atoms with van der Waals surface area (Å²) >= 11 is 0. The second-order valence-electron chi connectivity index (χ2n) is 2.32. The Morgan fingerprint density at radius 1 is 1.45 bits per heavy atom. The second kappa shape index (κ2) is 2.25. The van der Waals surface area contributed by atoms with Gasteiger partial charge in [-0.2, -0.15) is 5.10 Å². The van der Waals surface area contributed by atoms with Crippen molar-refractivity contribution < 1.29 is 0 Å².